The van der Waals surface area contributed by atoms with Gasteiger partial charge in [0.2, 0.25) is 5.91 Å². The van der Waals surface area contributed by atoms with Crippen LogP contribution in [0.3, 0.4) is 0 Å². The lowest BCUT2D eigenvalue weighted by molar-refractivity contribution is -0.384. The molecule has 0 saturated carbocycles. The van der Waals surface area contributed by atoms with E-state index in [-0.39, 0.29) is 11.4 Å². The van der Waals surface area contributed by atoms with E-state index in [1.54, 1.807) is 6.07 Å². The van der Waals surface area contributed by atoms with Crippen LogP contribution in [0.4, 0.5) is 20.2 Å². The van der Waals surface area contributed by atoms with E-state index in [9.17, 15) is 23.7 Å². The van der Waals surface area contributed by atoms with E-state index in [0.29, 0.717) is 5.56 Å². The van der Waals surface area contributed by atoms with Crippen molar-refractivity contribution < 1.29 is 18.5 Å². The molecule has 2 aromatic carbocycles. The van der Waals surface area contributed by atoms with Crippen molar-refractivity contribution in [1.29, 1.82) is 0 Å². The number of nitrogens with one attached hydrogen (secondary N) is 1. The van der Waals surface area contributed by atoms with Gasteiger partial charge in [0, 0.05) is 18.2 Å². The molecule has 0 atom stereocenters. The van der Waals surface area contributed by atoms with Crippen molar-refractivity contribution in [1.82, 2.24) is 0 Å². The lowest BCUT2D eigenvalue weighted by Gasteiger charge is -2.03. The van der Waals surface area contributed by atoms with Crippen molar-refractivity contribution in [2.75, 3.05) is 5.32 Å². The van der Waals surface area contributed by atoms with Gasteiger partial charge in [0.1, 0.15) is 11.6 Å². The number of rotatable bonds is 4. The number of benzene rings is 2. The summed E-state index contributed by atoms with van der Waals surface area (Å²) in [6, 6.07) is 8.35. The minimum atomic E-state index is -0.793. The molecule has 0 radical (unpaired) electrons. The third-order valence-corrected chi connectivity index (χ3v) is 2.69. The molecule has 0 bridgehead atoms. The van der Waals surface area contributed by atoms with E-state index >= 15 is 0 Å². The number of amides is 1. The fourth-order valence-electron chi connectivity index (χ4n) is 1.68. The van der Waals surface area contributed by atoms with Crippen LogP contribution in [0, 0.1) is 21.7 Å². The molecule has 0 heterocycles. The summed E-state index contributed by atoms with van der Waals surface area (Å²) in [5.41, 5.74) is -0.191. The van der Waals surface area contributed by atoms with Crippen LogP contribution in [0.1, 0.15) is 5.56 Å². The van der Waals surface area contributed by atoms with Crippen molar-refractivity contribution in [3.05, 3.63) is 75.9 Å². The maximum atomic E-state index is 13.5. The first-order chi connectivity index (χ1) is 10.5. The van der Waals surface area contributed by atoms with Gasteiger partial charge in [-0.2, -0.15) is 0 Å². The van der Waals surface area contributed by atoms with Gasteiger partial charge in [-0.25, -0.2) is 8.78 Å². The molecule has 7 heteroatoms. The van der Waals surface area contributed by atoms with Gasteiger partial charge in [0.05, 0.1) is 10.6 Å². The number of nitrogens with zero attached hydrogens (tertiary/aromatic N) is 1. The van der Waals surface area contributed by atoms with Gasteiger partial charge in [0.15, 0.2) is 0 Å². The molecule has 5 nitrogen and oxygen atoms in total. The van der Waals surface area contributed by atoms with Gasteiger partial charge >= 0.3 is 0 Å². The Bertz CT molecular complexity index is 760. The van der Waals surface area contributed by atoms with Crippen molar-refractivity contribution >= 4 is 23.4 Å². The molecule has 0 aliphatic heterocycles. The average Bonchev–Trinajstić information content (AvgIpc) is 2.47. The highest BCUT2D eigenvalue weighted by Crippen LogP contribution is 2.21. The zero-order valence-electron chi connectivity index (χ0n) is 11.1. The van der Waals surface area contributed by atoms with E-state index in [4.69, 9.17) is 0 Å². The predicted molar refractivity (Wildman–Crippen MR) is 77.1 cm³/mol. The van der Waals surface area contributed by atoms with Crippen LogP contribution in [0.15, 0.2) is 48.5 Å². The quantitative estimate of drug-likeness (QED) is 0.533. The van der Waals surface area contributed by atoms with Crippen LogP contribution in [0.2, 0.25) is 0 Å². The van der Waals surface area contributed by atoms with E-state index in [0.717, 1.165) is 24.3 Å². The maximum absolute atomic E-state index is 13.5. The largest absolute Gasteiger partial charge is 0.320 e. The first-order valence-corrected chi connectivity index (χ1v) is 6.14. The molecule has 1 N–H and O–H groups in total. The number of nitro groups is 1. The summed E-state index contributed by atoms with van der Waals surface area (Å²) in [4.78, 5) is 21.6. The molecular weight excluding hydrogens is 294 g/mol. The highest BCUT2D eigenvalue weighted by atomic mass is 19.1. The molecular formula is C15H10F2N2O3. The molecule has 22 heavy (non-hydrogen) atoms. The lowest BCUT2D eigenvalue weighted by Crippen LogP contribution is -2.09. The molecule has 112 valence electrons. The Morgan fingerprint density at radius 2 is 1.95 bits per heavy atom. The fraction of sp³-hybridized carbons (Fsp3) is 0. The molecule has 0 aliphatic rings. The van der Waals surface area contributed by atoms with Crippen LogP contribution < -0.4 is 5.32 Å². The number of anilines is 1. The Kier molecular flexibility index (Phi) is 4.57. The van der Waals surface area contributed by atoms with Gasteiger partial charge in [0.25, 0.3) is 5.69 Å². The molecule has 0 saturated heterocycles. The van der Waals surface area contributed by atoms with Gasteiger partial charge in [-0.15, -0.1) is 0 Å². The van der Waals surface area contributed by atoms with Crippen molar-refractivity contribution in [2.45, 2.75) is 0 Å². The molecule has 1 amide bonds. The summed E-state index contributed by atoms with van der Waals surface area (Å²) in [6.07, 6.45) is 2.42. The molecule has 2 rings (SSSR count). The van der Waals surface area contributed by atoms with Crippen LogP contribution in [-0.2, 0) is 4.79 Å². The maximum Gasteiger partial charge on any atom is 0.271 e. The van der Waals surface area contributed by atoms with E-state index in [2.05, 4.69) is 5.32 Å². The van der Waals surface area contributed by atoms with Gasteiger partial charge in [-0.05, 0) is 29.8 Å². The number of non-ortho nitro benzene ring substituents is 1. The summed E-state index contributed by atoms with van der Waals surface area (Å²) < 4.78 is 26.5. The zero-order valence-corrected chi connectivity index (χ0v) is 11.1. The van der Waals surface area contributed by atoms with Crippen molar-refractivity contribution in [3.63, 3.8) is 0 Å². The fourth-order valence-corrected chi connectivity index (χ4v) is 1.68. The predicted octanol–water partition coefficient (Wildman–Crippen LogP) is 3.52. The number of halogens is 2. The van der Waals surface area contributed by atoms with Gasteiger partial charge in [-0.3, -0.25) is 14.9 Å². The molecule has 0 fully saturated rings. The highest BCUT2D eigenvalue weighted by molar-refractivity contribution is 6.02. The summed E-state index contributed by atoms with van der Waals surface area (Å²) in [5.74, 6) is -1.94. The summed E-state index contributed by atoms with van der Waals surface area (Å²) in [5, 5.41) is 12.8. The monoisotopic (exact) mass is 304 g/mol. The summed E-state index contributed by atoms with van der Waals surface area (Å²) >= 11 is 0. The molecule has 0 unspecified atom stereocenters. The van der Waals surface area contributed by atoms with Crippen LogP contribution in [0.25, 0.3) is 6.08 Å². The standard InChI is InChI=1S/C15H10F2N2O3/c16-11-3-1-2-10(8-11)4-7-15(20)18-14-9-12(19(21)22)5-6-13(14)17/h1-9H,(H,18,20)/b7-4+. The van der Waals surface area contributed by atoms with Crippen LogP contribution >= 0.6 is 0 Å². The second-order valence-corrected chi connectivity index (χ2v) is 4.30. The van der Waals surface area contributed by atoms with Gasteiger partial charge in [-0.1, -0.05) is 12.1 Å². The Balaban J connectivity index is 2.12. The van der Waals surface area contributed by atoms with E-state index < -0.39 is 22.5 Å². The Morgan fingerprint density at radius 3 is 2.64 bits per heavy atom. The van der Waals surface area contributed by atoms with Crippen molar-refractivity contribution in [3.8, 4) is 0 Å². The molecule has 0 aromatic heterocycles. The van der Waals surface area contributed by atoms with Crippen molar-refractivity contribution in [2.24, 2.45) is 0 Å². The third-order valence-electron chi connectivity index (χ3n) is 2.69. The smallest absolute Gasteiger partial charge is 0.271 e. The number of nitro benzene ring substituents is 1. The number of hydrogen-bond donors (Lipinski definition) is 1. The Morgan fingerprint density at radius 1 is 1.18 bits per heavy atom. The summed E-state index contributed by atoms with van der Waals surface area (Å²) in [6.45, 7) is 0. The third kappa shape index (κ3) is 3.95. The molecule has 0 aliphatic carbocycles. The van der Waals surface area contributed by atoms with Crippen LogP contribution in [-0.4, -0.2) is 10.8 Å². The first kappa shape index (κ1) is 15.3. The zero-order chi connectivity index (χ0) is 16.1. The second-order valence-electron chi connectivity index (χ2n) is 4.30. The Hall–Kier alpha value is -3.09. The minimum absolute atomic E-state index is 0.303. The SMILES string of the molecule is O=C(/C=C/c1cccc(F)c1)Nc1cc([N+](=O)[O-])ccc1F. The molecule has 2 aromatic rings. The average molecular weight is 304 g/mol. The van der Waals surface area contributed by atoms with E-state index in [1.165, 1.54) is 24.3 Å². The second kappa shape index (κ2) is 6.57. The number of carbonyl (C=O) groups is 1. The van der Waals surface area contributed by atoms with Crippen LogP contribution in [0.5, 0.6) is 0 Å². The first-order valence-electron chi connectivity index (χ1n) is 6.14. The number of hydrogen-bond acceptors (Lipinski definition) is 3. The summed E-state index contributed by atoms with van der Waals surface area (Å²) in [7, 11) is 0. The van der Waals surface area contributed by atoms with Gasteiger partial charge < -0.3 is 5.32 Å². The molecule has 0 spiro atoms. The topological polar surface area (TPSA) is 72.2 Å². The van der Waals surface area contributed by atoms with E-state index in [1.807, 2.05) is 0 Å². The Labute approximate surface area is 124 Å². The minimum Gasteiger partial charge on any atom is -0.320 e. The normalized spacial score (nSPS) is 10.6. The number of carbonyl (C=O) groups excluding carboxylic acids is 1. The highest BCUT2D eigenvalue weighted by Gasteiger charge is 2.11. The lowest BCUT2D eigenvalue weighted by atomic mass is 10.2.